The normalized spacial score (nSPS) is 12.6. The summed E-state index contributed by atoms with van der Waals surface area (Å²) in [6.45, 7) is 0. The highest BCUT2D eigenvalue weighted by atomic mass is 32.1. The van der Waals surface area contributed by atoms with Crippen molar-refractivity contribution in [2.45, 2.75) is 18.6 Å². The molecule has 27 heavy (non-hydrogen) atoms. The standard InChI is InChI=1S/C17H16F3N5OS/c1-26-11-4-2-10(3-5-11)8-12(21)13-9-27-16(23-13)25-15-22-7-6-14(24-15)17(18,19)20/h2-7,9,12H,8,21H2,1H3,(H,22,23,24,25). The number of methoxy groups -OCH3 is 1. The molecule has 2 heterocycles. The first kappa shape index (κ1) is 19.1. The second-order valence-electron chi connectivity index (χ2n) is 5.62. The van der Waals surface area contributed by atoms with Gasteiger partial charge in [-0.15, -0.1) is 11.3 Å². The fourth-order valence-corrected chi connectivity index (χ4v) is 3.07. The average Bonchev–Trinajstić information content (AvgIpc) is 3.10. The van der Waals surface area contributed by atoms with Crippen LogP contribution in [0.15, 0.2) is 41.9 Å². The topological polar surface area (TPSA) is 86.0 Å². The number of rotatable bonds is 6. The molecule has 0 saturated heterocycles. The highest BCUT2D eigenvalue weighted by molar-refractivity contribution is 7.13. The van der Waals surface area contributed by atoms with E-state index in [9.17, 15) is 13.2 Å². The number of hydrogen-bond acceptors (Lipinski definition) is 7. The Morgan fingerprint density at radius 2 is 1.93 bits per heavy atom. The van der Waals surface area contributed by atoms with Crippen LogP contribution in [0.4, 0.5) is 24.3 Å². The minimum Gasteiger partial charge on any atom is -0.497 e. The van der Waals surface area contributed by atoms with E-state index in [0.29, 0.717) is 17.2 Å². The monoisotopic (exact) mass is 395 g/mol. The van der Waals surface area contributed by atoms with Crippen molar-refractivity contribution in [3.63, 3.8) is 0 Å². The van der Waals surface area contributed by atoms with E-state index >= 15 is 0 Å². The van der Waals surface area contributed by atoms with Crippen LogP contribution in [-0.2, 0) is 12.6 Å². The number of hydrogen-bond donors (Lipinski definition) is 2. The first-order valence-corrected chi connectivity index (χ1v) is 8.74. The number of nitrogens with zero attached hydrogens (tertiary/aromatic N) is 3. The molecule has 0 bridgehead atoms. The zero-order chi connectivity index (χ0) is 19.4. The summed E-state index contributed by atoms with van der Waals surface area (Å²) in [4.78, 5) is 11.6. The average molecular weight is 395 g/mol. The van der Waals surface area contributed by atoms with Crippen molar-refractivity contribution in [2.75, 3.05) is 12.4 Å². The lowest BCUT2D eigenvalue weighted by Crippen LogP contribution is -2.14. The molecule has 0 radical (unpaired) electrons. The van der Waals surface area contributed by atoms with Crippen molar-refractivity contribution in [1.29, 1.82) is 0 Å². The van der Waals surface area contributed by atoms with Gasteiger partial charge in [-0.3, -0.25) is 0 Å². The van der Waals surface area contributed by atoms with Crippen molar-refractivity contribution in [3.05, 3.63) is 58.9 Å². The molecule has 0 saturated carbocycles. The number of aromatic nitrogens is 3. The lowest BCUT2D eigenvalue weighted by molar-refractivity contribution is -0.141. The van der Waals surface area contributed by atoms with Crippen LogP contribution in [0.3, 0.4) is 0 Å². The molecule has 0 aliphatic rings. The number of thiazole rings is 1. The number of anilines is 2. The summed E-state index contributed by atoms with van der Waals surface area (Å²) in [5.41, 5.74) is 6.82. The van der Waals surface area contributed by atoms with Gasteiger partial charge in [-0.1, -0.05) is 12.1 Å². The second kappa shape index (κ2) is 7.89. The van der Waals surface area contributed by atoms with Crippen LogP contribution in [0.5, 0.6) is 5.75 Å². The molecule has 142 valence electrons. The SMILES string of the molecule is COc1ccc(CC(N)c2csc(Nc3nccc(C(F)(F)F)n3)n2)cc1. The first-order chi connectivity index (χ1) is 12.8. The molecule has 2 aromatic heterocycles. The Morgan fingerprint density at radius 1 is 1.19 bits per heavy atom. The van der Waals surface area contributed by atoms with E-state index in [-0.39, 0.29) is 12.0 Å². The summed E-state index contributed by atoms with van der Waals surface area (Å²) in [7, 11) is 1.60. The third kappa shape index (κ3) is 4.92. The molecule has 10 heteroatoms. The van der Waals surface area contributed by atoms with E-state index in [1.807, 2.05) is 24.3 Å². The second-order valence-corrected chi connectivity index (χ2v) is 6.48. The Labute approximate surface area is 157 Å². The van der Waals surface area contributed by atoms with E-state index in [0.717, 1.165) is 23.6 Å². The summed E-state index contributed by atoms with van der Waals surface area (Å²) in [6.07, 6.45) is -2.93. The fourth-order valence-electron chi connectivity index (χ4n) is 2.31. The number of benzene rings is 1. The van der Waals surface area contributed by atoms with Gasteiger partial charge >= 0.3 is 6.18 Å². The van der Waals surface area contributed by atoms with Gasteiger partial charge in [0.2, 0.25) is 5.95 Å². The van der Waals surface area contributed by atoms with E-state index < -0.39 is 11.9 Å². The Hall–Kier alpha value is -2.72. The third-order valence-electron chi connectivity index (χ3n) is 3.68. The number of nitrogens with two attached hydrogens (primary N) is 1. The Kier molecular flexibility index (Phi) is 5.57. The number of halogens is 3. The van der Waals surface area contributed by atoms with Gasteiger partial charge in [0.1, 0.15) is 11.4 Å². The van der Waals surface area contributed by atoms with Gasteiger partial charge in [0.15, 0.2) is 5.13 Å². The molecule has 3 N–H and O–H groups in total. The molecular formula is C17H16F3N5OS. The van der Waals surface area contributed by atoms with Gasteiger partial charge in [0, 0.05) is 11.6 Å². The molecule has 6 nitrogen and oxygen atoms in total. The largest absolute Gasteiger partial charge is 0.497 e. The van der Waals surface area contributed by atoms with Crippen molar-refractivity contribution >= 4 is 22.4 Å². The maximum Gasteiger partial charge on any atom is 0.433 e. The van der Waals surface area contributed by atoms with Gasteiger partial charge in [0.05, 0.1) is 18.8 Å². The highest BCUT2D eigenvalue weighted by Crippen LogP contribution is 2.29. The summed E-state index contributed by atoms with van der Waals surface area (Å²) < 4.78 is 43.3. The Balaban J connectivity index is 1.67. The molecule has 1 atom stereocenters. The Bertz CT molecular complexity index is 898. The number of nitrogens with one attached hydrogen (secondary N) is 1. The Morgan fingerprint density at radius 3 is 2.59 bits per heavy atom. The molecule has 0 aliphatic carbocycles. The zero-order valence-electron chi connectivity index (χ0n) is 14.2. The van der Waals surface area contributed by atoms with Crippen molar-refractivity contribution in [2.24, 2.45) is 5.73 Å². The minimum atomic E-state index is -4.53. The van der Waals surface area contributed by atoms with Crippen LogP contribution >= 0.6 is 11.3 Å². The van der Waals surface area contributed by atoms with Gasteiger partial charge in [-0.25, -0.2) is 15.0 Å². The molecule has 0 amide bonds. The summed E-state index contributed by atoms with van der Waals surface area (Å²) in [6, 6.07) is 7.99. The molecule has 1 unspecified atom stereocenters. The van der Waals surface area contributed by atoms with Crippen LogP contribution in [0.2, 0.25) is 0 Å². The summed E-state index contributed by atoms with van der Waals surface area (Å²) in [5.74, 6) is 0.586. The lowest BCUT2D eigenvalue weighted by atomic mass is 10.0. The maximum absolute atomic E-state index is 12.7. The predicted octanol–water partition coefficient (Wildman–Crippen LogP) is 3.95. The highest BCUT2D eigenvalue weighted by Gasteiger charge is 2.32. The van der Waals surface area contributed by atoms with Crippen molar-refractivity contribution in [3.8, 4) is 5.75 Å². The van der Waals surface area contributed by atoms with E-state index in [1.165, 1.54) is 11.3 Å². The molecular weight excluding hydrogens is 379 g/mol. The number of alkyl halides is 3. The van der Waals surface area contributed by atoms with E-state index in [4.69, 9.17) is 10.5 Å². The van der Waals surface area contributed by atoms with Crippen molar-refractivity contribution < 1.29 is 17.9 Å². The van der Waals surface area contributed by atoms with Crippen LogP contribution in [-0.4, -0.2) is 22.1 Å². The smallest absolute Gasteiger partial charge is 0.433 e. The van der Waals surface area contributed by atoms with Crippen LogP contribution in [0.25, 0.3) is 0 Å². The van der Waals surface area contributed by atoms with Crippen LogP contribution < -0.4 is 15.8 Å². The molecule has 1 aromatic carbocycles. The number of ether oxygens (including phenoxy) is 1. The third-order valence-corrected chi connectivity index (χ3v) is 4.46. The summed E-state index contributed by atoms with van der Waals surface area (Å²) >= 11 is 1.22. The van der Waals surface area contributed by atoms with Gasteiger partial charge in [0.25, 0.3) is 0 Å². The fraction of sp³-hybridized carbons (Fsp3) is 0.235. The maximum atomic E-state index is 12.7. The van der Waals surface area contributed by atoms with E-state index in [1.54, 1.807) is 12.5 Å². The van der Waals surface area contributed by atoms with Crippen LogP contribution in [0.1, 0.15) is 23.0 Å². The quantitative estimate of drug-likeness (QED) is 0.657. The van der Waals surface area contributed by atoms with Gasteiger partial charge in [-0.2, -0.15) is 13.2 Å². The van der Waals surface area contributed by atoms with E-state index in [2.05, 4.69) is 20.3 Å². The van der Waals surface area contributed by atoms with Crippen LogP contribution in [0, 0.1) is 0 Å². The minimum absolute atomic E-state index is 0.172. The van der Waals surface area contributed by atoms with Gasteiger partial charge < -0.3 is 15.8 Å². The predicted molar refractivity (Wildman–Crippen MR) is 96.1 cm³/mol. The summed E-state index contributed by atoms with van der Waals surface area (Å²) in [5, 5.41) is 4.81. The molecule has 3 aromatic rings. The molecule has 0 aliphatic heterocycles. The zero-order valence-corrected chi connectivity index (χ0v) is 15.0. The van der Waals surface area contributed by atoms with Crippen molar-refractivity contribution in [1.82, 2.24) is 15.0 Å². The first-order valence-electron chi connectivity index (χ1n) is 7.86. The van der Waals surface area contributed by atoms with Gasteiger partial charge in [-0.05, 0) is 30.2 Å². The molecule has 0 fully saturated rings. The lowest BCUT2D eigenvalue weighted by Gasteiger charge is -2.09. The molecule has 0 spiro atoms. The molecule has 3 rings (SSSR count).